The van der Waals surface area contributed by atoms with Crippen molar-refractivity contribution >= 4 is 17.7 Å². The fourth-order valence-electron chi connectivity index (χ4n) is 4.49. The van der Waals surface area contributed by atoms with Gasteiger partial charge in [-0.15, -0.1) is 0 Å². The van der Waals surface area contributed by atoms with Gasteiger partial charge in [-0.1, -0.05) is 50.3 Å². The third-order valence-electron chi connectivity index (χ3n) is 6.25. The lowest BCUT2D eigenvalue weighted by atomic mass is 9.95. The maximum Gasteiger partial charge on any atom is 0.255 e. The second-order valence-electron chi connectivity index (χ2n) is 8.70. The number of unbranched alkanes of at least 4 members (excludes halogenated alkanes) is 1. The van der Waals surface area contributed by atoms with Gasteiger partial charge in [-0.05, 0) is 50.8 Å². The molecule has 1 atom stereocenters. The molecule has 2 heterocycles. The largest absolute Gasteiger partial charge is 0.322 e. The number of hydrogen-bond acceptors (Lipinski definition) is 4. The first kappa shape index (κ1) is 22.5. The van der Waals surface area contributed by atoms with Crippen LogP contribution in [0.5, 0.6) is 0 Å². The monoisotopic (exact) mass is 413 g/mol. The second-order valence-corrected chi connectivity index (χ2v) is 8.70. The SMILES string of the molecule is CCCCNC1CCCCC1.Cc1ccc2c(c1)CN(C1CCC(=O)NC1=O)C2=O. The molecule has 0 aromatic heterocycles. The number of aryl methyl sites for hydroxylation is 1. The first-order valence-electron chi connectivity index (χ1n) is 11.5. The van der Waals surface area contributed by atoms with E-state index >= 15 is 0 Å². The number of rotatable bonds is 5. The molecule has 30 heavy (non-hydrogen) atoms. The van der Waals surface area contributed by atoms with E-state index in [1.165, 1.54) is 51.5 Å². The zero-order chi connectivity index (χ0) is 21.5. The van der Waals surface area contributed by atoms with Crippen LogP contribution in [-0.2, 0) is 16.1 Å². The molecule has 0 spiro atoms. The van der Waals surface area contributed by atoms with E-state index in [1.807, 2.05) is 19.1 Å². The quantitative estimate of drug-likeness (QED) is 0.572. The summed E-state index contributed by atoms with van der Waals surface area (Å²) in [4.78, 5) is 36.8. The van der Waals surface area contributed by atoms with Gasteiger partial charge in [0, 0.05) is 24.6 Å². The van der Waals surface area contributed by atoms with Gasteiger partial charge < -0.3 is 10.2 Å². The second kappa shape index (κ2) is 10.7. The molecule has 1 aromatic rings. The van der Waals surface area contributed by atoms with Crippen molar-refractivity contribution in [2.75, 3.05) is 6.54 Å². The molecule has 2 N–H and O–H groups in total. The normalized spacial score (nSPS) is 21.7. The highest BCUT2D eigenvalue weighted by molar-refractivity contribution is 6.05. The summed E-state index contributed by atoms with van der Waals surface area (Å²) in [5.41, 5.74) is 2.71. The number of benzene rings is 1. The van der Waals surface area contributed by atoms with E-state index in [0.717, 1.165) is 17.2 Å². The van der Waals surface area contributed by atoms with Crippen molar-refractivity contribution in [1.82, 2.24) is 15.5 Å². The van der Waals surface area contributed by atoms with Gasteiger partial charge in [0.1, 0.15) is 6.04 Å². The number of piperidine rings is 1. The topological polar surface area (TPSA) is 78.5 Å². The van der Waals surface area contributed by atoms with Gasteiger partial charge in [-0.2, -0.15) is 0 Å². The standard InChI is InChI=1S/C14H14N2O3.C10H21N/c1-8-2-3-10-9(6-8)7-16(14(10)19)11-4-5-12(17)15-13(11)18;1-2-3-9-11-10-7-5-4-6-8-10/h2-3,6,11H,4-5,7H2,1H3,(H,15,17,18);10-11H,2-9H2,1H3. The molecule has 2 fully saturated rings. The molecule has 1 unspecified atom stereocenters. The smallest absolute Gasteiger partial charge is 0.255 e. The van der Waals surface area contributed by atoms with Crippen LogP contribution in [0.1, 0.15) is 86.2 Å². The van der Waals surface area contributed by atoms with Crippen LogP contribution in [0.4, 0.5) is 0 Å². The van der Waals surface area contributed by atoms with E-state index in [0.29, 0.717) is 18.5 Å². The van der Waals surface area contributed by atoms with Crippen LogP contribution < -0.4 is 10.6 Å². The van der Waals surface area contributed by atoms with Gasteiger partial charge in [-0.3, -0.25) is 19.7 Å². The number of fused-ring (bicyclic) bond motifs is 1. The van der Waals surface area contributed by atoms with Crippen LogP contribution in [-0.4, -0.2) is 41.2 Å². The van der Waals surface area contributed by atoms with Crippen molar-refractivity contribution in [2.45, 2.75) is 90.3 Å². The lowest BCUT2D eigenvalue weighted by Crippen LogP contribution is -2.52. The molecular weight excluding hydrogens is 378 g/mol. The summed E-state index contributed by atoms with van der Waals surface area (Å²) >= 11 is 0. The van der Waals surface area contributed by atoms with Crippen molar-refractivity contribution < 1.29 is 14.4 Å². The van der Waals surface area contributed by atoms with Crippen LogP contribution in [0, 0.1) is 6.92 Å². The number of imide groups is 1. The minimum absolute atomic E-state index is 0.121. The molecule has 1 aromatic carbocycles. The zero-order valence-electron chi connectivity index (χ0n) is 18.3. The zero-order valence-corrected chi connectivity index (χ0v) is 18.3. The molecule has 3 aliphatic rings. The Kier molecular flexibility index (Phi) is 8.02. The van der Waals surface area contributed by atoms with Crippen molar-refractivity contribution in [3.63, 3.8) is 0 Å². The Morgan fingerprint density at radius 3 is 2.57 bits per heavy atom. The molecule has 0 radical (unpaired) electrons. The highest BCUT2D eigenvalue weighted by Crippen LogP contribution is 2.27. The Labute approximate surface area is 179 Å². The first-order chi connectivity index (χ1) is 14.5. The van der Waals surface area contributed by atoms with E-state index in [2.05, 4.69) is 17.6 Å². The highest BCUT2D eigenvalue weighted by atomic mass is 16.2. The summed E-state index contributed by atoms with van der Waals surface area (Å²) < 4.78 is 0. The molecule has 1 saturated heterocycles. The third kappa shape index (κ3) is 5.69. The minimum Gasteiger partial charge on any atom is -0.322 e. The van der Waals surface area contributed by atoms with Gasteiger partial charge in [0.2, 0.25) is 11.8 Å². The molecular formula is C24H35N3O3. The number of nitrogens with one attached hydrogen (secondary N) is 2. The van der Waals surface area contributed by atoms with Crippen LogP contribution >= 0.6 is 0 Å². The Hall–Kier alpha value is -2.21. The molecule has 6 nitrogen and oxygen atoms in total. The Morgan fingerprint density at radius 2 is 1.87 bits per heavy atom. The lowest BCUT2D eigenvalue weighted by Gasteiger charge is -2.29. The van der Waals surface area contributed by atoms with Crippen LogP contribution in [0.15, 0.2) is 18.2 Å². The molecule has 2 aliphatic heterocycles. The summed E-state index contributed by atoms with van der Waals surface area (Å²) in [7, 11) is 0. The number of carbonyl (C=O) groups excluding carboxylic acids is 3. The minimum atomic E-state index is -0.530. The molecule has 6 heteroatoms. The summed E-state index contributed by atoms with van der Waals surface area (Å²) in [6.45, 7) is 5.91. The van der Waals surface area contributed by atoms with E-state index in [4.69, 9.17) is 0 Å². The van der Waals surface area contributed by atoms with E-state index < -0.39 is 6.04 Å². The van der Waals surface area contributed by atoms with Crippen molar-refractivity contribution in [3.8, 4) is 0 Å². The van der Waals surface area contributed by atoms with Gasteiger partial charge in [0.15, 0.2) is 0 Å². The summed E-state index contributed by atoms with van der Waals surface area (Å²) in [6.07, 6.45) is 10.6. The van der Waals surface area contributed by atoms with E-state index in [-0.39, 0.29) is 24.1 Å². The van der Waals surface area contributed by atoms with Crippen LogP contribution in [0.25, 0.3) is 0 Å². The maximum absolute atomic E-state index is 12.3. The summed E-state index contributed by atoms with van der Waals surface area (Å²) in [5, 5.41) is 5.92. The average Bonchev–Trinajstić information content (AvgIpc) is 3.05. The van der Waals surface area contributed by atoms with Crippen molar-refractivity contribution in [3.05, 3.63) is 34.9 Å². The number of hydrogen-bond donors (Lipinski definition) is 2. The van der Waals surface area contributed by atoms with Crippen LogP contribution in [0.2, 0.25) is 0 Å². The molecule has 164 valence electrons. The van der Waals surface area contributed by atoms with Gasteiger partial charge in [0.25, 0.3) is 5.91 Å². The fraction of sp³-hybridized carbons (Fsp3) is 0.625. The Morgan fingerprint density at radius 1 is 1.10 bits per heavy atom. The van der Waals surface area contributed by atoms with Gasteiger partial charge in [-0.25, -0.2) is 0 Å². The summed E-state index contributed by atoms with van der Waals surface area (Å²) in [5.74, 6) is -0.750. The van der Waals surface area contributed by atoms with Crippen molar-refractivity contribution in [1.29, 1.82) is 0 Å². The molecule has 1 aliphatic carbocycles. The average molecular weight is 414 g/mol. The Balaban J connectivity index is 0.000000199. The van der Waals surface area contributed by atoms with Crippen molar-refractivity contribution in [2.24, 2.45) is 0 Å². The highest BCUT2D eigenvalue weighted by Gasteiger charge is 2.38. The Bertz CT molecular complexity index is 771. The molecule has 3 amide bonds. The lowest BCUT2D eigenvalue weighted by molar-refractivity contribution is -0.136. The maximum atomic E-state index is 12.3. The molecule has 1 saturated carbocycles. The van der Waals surface area contributed by atoms with E-state index in [9.17, 15) is 14.4 Å². The first-order valence-corrected chi connectivity index (χ1v) is 11.5. The summed E-state index contributed by atoms with van der Waals surface area (Å²) in [6, 6.07) is 6.00. The number of nitrogens with zero attached hydrogens (tertiary/aromatic N) is 1. The van der Waals surface area contributed by atoms with Crippen LogP contribution in [0.3, 0.4) is 0 Å². The number of carbonyl (C=O) groups is 3. The van der Waals surface area contributed by atoms with E-state index in [1.54, 1.807) is 11.0 Å². The molecule has 4 rings (SSSR count). The van der Waals surface area contributed by atoms with Gasteiger partial charge >= 0.3 is 0 Å². The molecule has 0 bridgehead atoms. The predicted molar refractivity (Wildman–Crippen MR) is 117 cm³/mol. The number of amides is 3. The third-order valence-corrected chi connectivity index (χ3v) is 6.25. The fourth-order valence-corrected chi connectivity index (χ4v) is 4.49. The predicted octanol–water partition coefficient (Wildman–Crippen LogP) is 3.46. The van der Waals surface area contributed by atoms with Gasteiger partial charge in [0.05, 0.1) is 0 Å².